The van der Waals surface area contributed by atoms with Crippen LogP contribution in [0.15, 0.2) is 0 Å². The monoisotopic (exact) mass is 311 g/mol. The molecular weight excluding hydrogens is 295 g/mol. The summed E-state index contributed by atoms with van der Waals surface area (Å²) in [6.45, 7) is -1.78. The Hall–Kier alpha value is -2.00. The van der Waals surface area contributed by atoms with Gasteiger partial charge < -0.3 is 20.2 Å². The first-order chi connectivity index (χ1) is 9.69. The Balaban J connectivity index is 2.35. The summed E-state index contributed by atoms with van der Waals surface area (Å²) in [6, 6.07) is -0.583. The molecule has 0 unspecified atom stereocenters. The number of carbonyl (C=O) groups excluding carboxylic acids is 2. The maximum atomic E-state index is 12.2. The molecule has 1 heterocycles. The number of piperazine rings is 1. The maximum absolute atomic E-state index is 12.2. The van der Waals surface area contributed by atoms with Crippen LogP contribution in [-0.2, 0) is 9.59 Å². The molecule has 7 nitrogen and oxygen atoms in total. The number of hydrogen-bond donors (Lipinski definition) is 2. The van der Waals surface area contributed by atoms with Gasteiger partial charge in [0.25, 0.3) is 0 Å². The zero-order valence-electron chi connectivity index (χ0n) is 11.2. The van der Waals surface area contributed by atoms with Crippen molar-refractivity contribution in [2.45, 2.75) is 19.0 Å². The lowest BCUT2D eigenvalue weighted by atomic mass is 10.3. The quantitative estimate of drug-likeness (QED) is 0.713. The third-order valence-corrected chi connectivity index (χ3v) is 2.82. The Kier molecular flexibility index (Phi) is 5.79. The number of hydrogen-bond acceptors (Lipinski definition) is 3. The van der Waals surface area contributed by atoms with E-state index in [1.807, 2.05) is 0 Å². The van der Waals surface area contributed by atoms with Gasteiger partial charge >= 0.3 is 18.2 Å². The Bertz CT molecular complexity index is 414. The van der Waals surface area contributed by atoms with E-state index in [0.717, 1.165) is 4.90 Å². The molecule has 0 radical (unpaired) electrons. The average Bonchev–Trinajstić information content (AvgIpc) is 2.35. The van der Waals surface area contributed by atoms with Crippen LogP contribution >= 0.6 is 0 Å². The van der Waals surface area contributed by atoms with Gasteiger partial charge in [-0.15, -0.1) is 0 Å². The highest BCUT2D eigenvalue weighted by molar-refractivity contribution is 5.85. The van der Waals surface area contributed by atoms with E-state index in [1.165, 1.54) is 0 Å². The Labute approximate surface area is 118 Å². The molecule has 21 heavy (non-hydrogen) atoms. The number of nitrogens with one attached hydrogen (secondary N) is 1. The molecule has 1 aliphatic heterocycles. The van der Waals surface area contributed by atoms with Crippen molar-refractivity contribution in [2.75, 3.05) is 32.7 Å². The molecule has 1 fully saturated rings. The van der Waals surface area contributed by atoms with Crippen molar-refractivity contribution in [1.29, 1.82) is 0 Å². The lowest BCUT2D eigenvalue weighted by molar-refractivity contribution is -0.164. The van der Waals surface area contributed by atoms with Crippen molar-refractivity contribution in [3.05, 3.63) is 0 Å². The van der Waals surface area contributed by atoms with Crippen molar-refractivity contribution in [3.63, 3.8) is 0 Å². The van der Waals surface area contributed by atoms with Gasteiger partial charge in [-0.2, -0.15) is 13.2 Å². The lowest BCUT2D eigenvalue weighted by Gasteiger charge is -2.34. The van der Waals surface area contributed by atoms with E-state index in [0.29, 0.717) is 4.90 Å². The third-order valence-electron chi connectivity index (χ3n) is 2.82. The fourth-order valence-corrected chi connectivity index (χ4v) is 1.81. The summed E-state index contributed by atoms with van der Waals surface area (Å²) in [6.07, 6.45) is -4.32. The number of nitrogens with zero attached hydrogens (tertiary/aromatic N) is 2. The molecule has 2 N–H and O–H groups in total. The molecule has 0 aromatic carbocycles. The molecule has 0 saturated carbocycles. The molecule has 120 valence electrons. The fourth-order valence-electron chi connectivity index (χ4n) is 1.81. The highest BCUT2D eigenvalue weighted by Crippen LogP contribution is 2.18. The summed E-state index contributed by atoms with van der Waals surface area (Å²) < 4.78 is 36.6. The summed E-state index contributed by atoms with van der Waals surface area (Å²) in [7, 11) is 0. The number of aliphatic carboxylic acids is 1. The Morgan fingerprint density at radius 2 is 1.95 bits per heavy atom. The molecular formula is C11H16F3N3O4. The number of carboxylic acids is 1. The lowest BCUT2D eigenvalue weighted by Crippen LogP contribution is -2.56. The number of rotatable bonds is 5. The Morgan fingerprint density at radius 3 is 2.48 bits per heavy atom. The normalized spacial score (nSPS) is 16.0. The number of halogens is 3. The Morgan fingerprint density at radius 1 is 1.29 bits per heavy atom. The van der Waals surface area contributed by atoms with Crippen molar-refractivity contribution in [2.24, 2.45) is 0 Å². The third kappa shape index (κ3) is 6.32. The first-order valence-corrected chi connectivity index (χ1v) is 6.28. The van der Waals surface area contributed by atoms with E-state index in [2.05, 4.69) is 5.32 Å². The van der Waals surface area contributed by atoms with Crippen LogP contribution in [-0.4, -0.2) is 71.7 Å². The topological polar surface area (TPSA) is 89.9 Å². The molecule has 0 aromatic heterocycles. The van der Waals surface area contributed by atoms with Crippen LogP contribution in [0.25, 0.3) is 0 Å². The van der Waals surface area contributed by atoms with E-state index in [9.17, 15) is 27.6 Å². The first kappa shape index (κ1) is 17.1. The molecule has 1 aliphatic rings. The maximum Gasteiger partial charge on any atom is 0.406 e. The summed E-state index contributed by atoms with van der Waals surface area (Å²) >= 11 is 0. The molecule has 1 saturated heterocycles. The van der Waals surface area contributed by atoms with Gasteiger partial charge in [0.15, 0.2) is 0 Å². The second-order valence-corrected chi connectivity index (χ2v) is 4.58. The van der Waals surface area contributed by atoms with E-state index in [1.54, 1.807) is 0 Å². The minimum atomic E-state index is -4.46. The first-order valence-electron chi connectivity index (χ1n) is 6.28. The SMILES string of the molecule is O=C(O)CCCNC(=O)N1CCN(CC(F)(F)F)C(=O)C1. The zero-order valence-corrected chi connectivity index (χ0v) is 11.2. The van der Waals surface area contributed by atoms with Crippen LogP contribution in [0.3, 0.4) is 0 Å². The van der Waals surface area contributed by atoms with Crippen LogP contribution in [0.4, 0.5) is 18.0 Å². The fraction of sp³-hybridized carbons (Fsp3) is 0.727. The minimum absolute atomic E-state index is 0.00653. The van der Waals surface area contributed by atoms with E-state index in [-0.39, 0.29) is 32.5 Å². The van der Waals surface area contributed by atoms with Gasteiger partial charge in [-0.05, 0) is 6.42 Å². The van der Waals surface area contributed by atoms with Gasteiger partial charge in [0.05, 0.1) is 0 Å². The largest absolute Gasteiger partial charge is 0.481 e. The summed E-state index contributed by atoms with van der Waals surface area (Å²) in [5.74, 6) is -1.75. The minimum Gasteiger partial charge on any atom is -0.481 e. The highest BCUT2D eigenvalue weighted by Gasteiger charge is 2.36. The average molecular weight is 311 g/mol. The molecule has 1 rings (SSSR count). The molecule has 0 aromatic rings. The van der Waals surface area contributed by atoms with E-state index < -0.39 is 37.2 Å². The predicted molar refractivity (Wildman–Crippen MR) is 64.5 cm³/mol. The molecule has 0 spiro atoms. The van der Waals surface area contributed by atoms with Crippen molar-refractivity contribution in [3.8, 4) is 0 Å². The van der Waals surface area contributed by atoms with Crippen LogP contribution in [0.1, 0.15) is 12.8 Å². The predicted octanol–water partition coefficient (Wildman–Crippen LogP) is 0.267. The van der Waals surface area contributed by atoms with Crippen molar-refractivity contribution in [1.82, 2.24) is 15.1 Å². The molecule has 0 aliphatic carbocycles. The van der Waals surface area contributed by atoms with Crippen LogP contribution < -0.4 is 5.32 Å². The molecule has 0 bridgehead atoms. The number of amides is 3. The van der Waals surface area contributed by atoms with Gasteiger partial charge in [-0.1, -0.05) is 0 Å². The molecule has 3 amide bonds. The highest BCUT2D eigenvalue weighted by atomic mass is 19.4. The van der Waals surface area contributed by atoms with Gasteiger partial charge in [0.1, 0.15) is 13.1 Å². The number of urea groups is 1. The smallest absolute Gasteiger partial charge is 0.406 e. The van der Waals surface area contributed by atoms with E-state index >= 15 is 0 Å². The summed E-state index contributed by atoms with van der Waals surface area (Å²) in [5.41, 5.74) is 0. The summed E-state index contributed by atoms with van der Waals surface area (Å²) in [4.78, 5) is 35.2. The molecule has 0 atom stereocenters. The second-order valence-electron chi connectivity index (χ2n) is 4.58. The van der Waals surface area contributed by atoms with Gasteiger partial charge in [-0.25, -0.2) is 4.79 Å². The molecule has 10 heteroatoms. The van der Waals surface area contributed by atoms with Crippen molar-refractivity contribution < 1.29 is 32.7 Å². The standard InChI is InChI=1S/C11H16F3N3O4/c12-11(13,14)7-17-5-4-16(6-8(17)18)10(21)15-3-1-2-9(19)20/h1-7H2,(H,15,21)(H,19,20). The van der Waals surface area contributed by atoms with Gasteiger partial charge in [0, 0.05) is 26.1 Å². The number of alkyl halides is 3. The van der Waals surface area contributed by atoms with E-state index in [4.69, 9.17) is 5.11 Å². The number of carbonyl (C=O) groups is 3. The van der Waals surface area contributed by atoms with Crippen LogP contribution in [0, 0.1) is 0 Å². The van der Waals surface area contributed by atoms with Crippen LogP contribution in [0.5, 0.6) is 0 Å². The zero-order chi connectivity index (χ0) is 16.0. The van der Waals surface area contributed by atoms with Gasteiger partial charge in [-0.3, -0.25) is 9.59 Å². The van der Waals surface area contributed by atoms with Crippen LogP contribution in [0.2, 0.25) is 0 Å². The summed E-state index contributed by atoms with van der Waals surface area (Å²) in [5, 5.41) is 10.8. The second kappa shape index (κ2) is 7.14. The van der Waals surface area contributed by atoms with Crippen molar-refractivity contribution >= 4 is 17.9 Å². The number of carboxylic acid groups (broad SMARTS) is 1. The van der Waals surface area contributed by atoms with Gasteiger partial charge in [0.2, 0.25) is 5.91 Å².